The number of likely N-dealkylation sites (tertiary alicyclic amines) is 1. The Hall–Kier alpha value is -2.56. The molecule has 168 valence electrons. The van der Waals surface area contributed by atoms with Gasteiger partial charge in [-0.25, -0.2) is 18.4 Å². The van der Waals surface area contributed by atoms with Gasteiger partial charge in [0, 0.05) is 52.7 Å². The minimum atomic E-state index is -3.68. The Morgan fingerprint density at radius 3 is 2.61 bits per heavy atom. The van der Waals surface area contributed by atoms with E-state index in [4.69, 9.17) is 4.74 Å². The second-order valence-corrected chi connectivity index (χ2v) is 9.70. The second-order valence-electron chi connectivity index (χ2n) is 7.65. The quantitative estimate of drug-likeness (QED) is 0.623. The molecule has 0 bridgehead atoms. The van der Waals surface area contributed by atoms with Crippen LogP contribution in [0.5, 0.6) is 0 Å². The molecule has 1 fully saturated rings. The van der Waals surface area contributed by atoms with Gasteiger partial charge in [0.2, 0.25) is 15.9 Å². The molecule has 0 aliphatic carbocycles. The van der Waals surface area contributed by atoms with E-state index in [2.05, 4.69) is 15.3 Å². The van der Waals surface area contributed by atoms with Crippen LogP contribution in [0.1, 0.15) is 29.4 Å². The smallest absolute Gasteiger partial charge is 0.243 e. The fraction of sp³-hybridized carbons (Fsp3) is 0.476. The maximum atomic E-state index is 12.9. The van der Waals surface area contributed by atoms with E-state index in [1.165, 1.54) is 11.4 Å². The standard InChI is InChI=1S/C21H29N5O4S/c1-15-5-7-17(8-6-15)31(28,29)25(3)14-20-23-18(12-19(22-2)24-20)16-11-21(27)26(13-16)9-10-30-4/h5-8,12,16H,9-11,13-14H2,1-4H3,(H,22,23,24)/t16-/m0/s1. The van der Waals surface area contributed by atoms with Crippen molar-refractivity contribution in [3.05, 3.63) is 47.4 Å². The molecule has 2 heterocycles. The van der Waals surface area contributed by atoms with Gasteiger partial charge in [-0.1, -0.05) is 17.7 Å². The van der Waals surface area contributed by atoms with E-state index < -0.39 is 10.0 Å². The van der Waals surface area contributed by atoms with Gasteiger partial charge < -0.3 is 15.0 Å². The number of sulfonamides is 1. The Kier molecular flexibility index (Phi) is 7.24. The first-order chi connectivity index (χ1) is 14.7. The average molecular weight is 448 g/mol. The van der Waals surface area contributed by atoms with Gasteiger partial charge in [0.25, 0.3) is 0 Å². The number of rotatable bonds is 9. The van der Waals surface area contributed by atoms with Crippen LogP contribution in [0.2, 0.25) is 0 Å². The molecule has 10 heteroatoms. The lowest BCUT2D eigenvalue weighted by atomic mass is 10.0. The molecular formula is C21H29N5O4S. The van der Waals surface area contributed by atoms with Crippen LogP contribution < -0.4 is 5.32 Å². The van der Waals surface area contributed by atoms with Crippen molar-refractivity contribution in [3.8, 4) is 0 Å². The maximum absolute atomic E-state index is 12.9. The summed E-state index contributed by atoms with van der Waals surface area (Å²) in [7, 11) is 1.18. The zero-order chi connectivity index (χ0) is 22.6. The zero-order valence-electron chi connectivity index (χ0n) is 18.3. The molecule has 1 N–H and O–H groups in total. The molecule has 1 saturated heterocycles. The van der Waals surface area contributed by atoms with Gasteiger partial charge in [0.05, 0.1) is 23.7 Å². The number of methoxy groups -OCH3 is 1. The number of carbonyl (C=O) groups is 1. The molecule has 1 atom stereocenters. The second kappa shape index (κ2) is 9.71. The summed E-state index contributed by atoms with van der Waals surface area (Å²) in [6.45, 7) is 3.51. The van der Waals surface area contributed by atoms with E-state index in [0.29, 0.717) is 37.8 Å². The number of aryl methyl sites for hydroxylation is 1. The van der Waals surface area contributed by atoms with Crippen molar-refractivity contribution >= 4 is 21.7 Å². The third kappa shape index (κ3) is 5.38. The summed E-state index contributed by atoms with van der Waals surface area (Å²) in [6.07, 6.45) is 0.362. The lowest BCUT2D eigenvalue weighted by molar-refractivity contribution is -0.128. The fourth-order valence-corrected chi connectivity index (χ4v) is 4.61. The fourth-order valence-electron chi connectivity index (χ4n) is 3.49. The van der Waals surface area contributed by atoms with Crippen molar-refractivity contribution in [3.63, 3.8) is 0 Å². The number of benzene rings is 1. The van der Waals surface area contributed by atoms with Gasteiger partial charge in [0.1, 0.15) is 11.6 Å². The summed E-state index contributed by atoms with van der Waals surface area (Å²) in [4.78, 5) is 23.3. The van der Waals surface area contributed by atoms with Gasteiger partial charge >= 0.3 is 0 Å². The molecule has 1 aliphatic heterocycles. The number of ether oxygens (including phenoxy) is 1. The summed E-state index contributed by atoms with van der Waals surface area (Å²) in [5, 5.41) is 3.00. The van der Waals surface area contributed by atoms with Crippen molar-refractivity contribution < 1.29 is 17.9 Å². The molecule has 9 nitrogen and oxygen atoms in total. The summed E-state index contributed by atoms with van der Waals surface area (Å²) in [5.74, 6) is 0.955. The van der Waals surface area contributed by atoms with E-state index in [0.717, 1.165) is 11.3 Å². The van der Waals surface area contributed by atoms with E-state index >= 15 is 0 Å². The Balaban J connectivity index is 1.81. The van der Waals surface area contributed by atoms with Crippen molar-refractivity contribution in [1.29, 1.82) is 0 Å². The van der Waals surface area contributed by atoms with E-state index in [-0.39, 0.29) is 23.3 Å². The van der Waals surface area contributed by atoms with Crippen LogP contribution in [0.25, 0.3) is 0 Å². The Bertz CT molecular complexity index is 1030. The number of hydrogen-bond donors (Lipinski definition) is 1. The topological polar surface area (TPSA) is 105 Å². The molecule has 1 aliphatic rings. The van der Waals surface area contributed by atoms with Crippen LogP contribution in [0.4, 0.5) is 5.82 Å². The molecular weight excluding hydrogens is 418 g/mol. The first-order valence-corrected chi connectivity index (χ1v) is 11.5. The highest BCUT2D eigenvalue weighted by Crippen LogP contribution is 2.28. The first kappa shape index (κ1) is 23.1. The molecule has 0 radical (unpaired) electrons. The lowest BCUT2D eigenvalue weighted by Crippen LogP contribution is -2.29. The summed E-state index contributed by atoms with van der Waals surface area (Å²) >= 11 is 0. The van der Waals surface area contributed by atoms with Crippen LogP contribution >= 0.6 is 0 Å². The van der Waals surface area contributed by atoms with Gasteiger partial charge in [-0.05, 0) is 19.1 Å². The lowest BCUT2D eigenvalue weighted by Gasteiger charge is -2.19. The zero-order valence-corrected chi connectivity index (χ0v) is 19.1. The van der Waals surface area contributed by atoms with Crippen molar-refractivity contribution in [1.82, 2.24) is 19.2 Å². The normalized spacial score (nSPS) is 16.9. The monoisotopic (exact) mass is 447 g/mol. The van der Waals surface area contributed by atoms with Gasteiger partial charge in [0.15, 0.2) is 0 Å². The van der Waals surface area contributed by atoms with Crippen molar-refractivity contribution in [2.24, 2.45) is 0 Å². The van der Waals surface area contributed by atoms with Crippen molar-refractivity contribution in [2.45, 2.75) is 30.7 Å². The predicted molar refractivity (Wildman–Crippen MR) is 117 cm³/mol. The number of aromatic nitrogens is 2. The highest BCUT2D eigenvalue weighted by molar-refractivity contribution is 7.89. The minimum Gasteiger partial charge on any atom is -0.383 e. The van der Waals surface area contributed by atoms with Gasteiger partial charge in [-0.3, -0.25) is 4.79 Å². The van der Waals surface area contributed by atoms with Crippen LogP contribution in [0.15, 0.2) is 35.2 Å². The largest absolute Gasteiger partial charge is 0.383 e. The van der Waals surface area contributed by atoms with Crippen LogP contribution in [-0.2, 0) is 26.1 Å². The van der Waals surface area contributed by atoms with E-state index in [1.807, 2.05) is 13.0 Å². The molecule has 2 aromatic rings. The molecule has 0 spiro atoms. The Morgan fingerprint density at radius 2 is 1.97 bits per heavy atom. The average Bonchev–Trinajstić information content (AvgIpc) is 3.12. The summed E-state index contributed by atoms with van der Waals surface area (Å²) < 4.78 is 32.2. The predicted octanol–water partition coefficient (Wildman–Crippen LogP) is 1.61. The summed E-state index contributed by atoms with van der Waals surface area (Å²) in [5.41, 5.74) is 1.71. The van der Waals surface area contributed by atoms with Crippen LogP contribution in [0, 0.1) is 6.92 Å². The Morgan fingerprint density at radius 1 is 1.26 bits per heavy atom. The molecule has 0 saturated carbocycles. The molecule has 1 amide bonds. The van der Waals surface area contributed by atoms with E-state index in [1.54, 1.807) is 43.3 Å². The maximum Gasteiger partial charge on any atom is 0.243 e. The molecule has 0 unspecified atom stereocenters. The summed E-state index contributed by atoms with van der Waals surface area (Å²) in [6, 6.07) is 8.54. The minimum absolute atomic E-state index is 0.0206. The van der Waals surface area contributed by atoms with Gasteiger partial charge in [-0.15, -0.1) is 0 Å². The number of carbonyl (C=O) groups excluding carboxylic acids is 1. The number of nitrogens with one attached hydrogen (secondary N) is 1. The first-order valence-electron chi connectivity index (χ1n) is 10.1. The third-order valence-corrected chi connectivity index (χ3v) is 7.16. The molecule has 1 aromatic heterocycles. The SMILES string of the molecule is CNc1cc([C@H]2CC(=O)N(CCOC)C2)nc(CN(C)S(=O)(=O)c2ccc(C)cc2)n1. The molecule has 3 rings (SSSR count). The number of amides is 1. The van der Waals surface area contributed by atoms with E-state index in [9.17, 15) is 13.2 Å². The number of anilines is 1. The highest BCUT2D eigenvalue weighted by Gasteiger charge is 2.32. The van der Waals surface area contributed by atoms with Crippen molar-refractivity contribution in [2.75, 3.05) is 46.2 Å². The number of nitrogens with zero attached hydrogens (tertiary/aromatic N) is 4. The Labute approximate surface area is 183 Å². The van der Waals surface area contributed by atoms with Gasteiger partial charge in [-0.2, -0.15) is 4.31 Å². The molecule has 1 aromatic carbocycles. The van der Waals surface area contributed by atoms with Crippen LogP contribution in [-0.4, -0.2) is 74.4 Å². The third-order valence-electron chi connectivity index (χ3n) is 5.34. The van der Waals surface area contributed by atoms with Crippen LogP contribution in [0.3, 0.4) is 0 Å². The molecule has 31 heavy (non-hydrogen) atoms. The number of hydrogen-bond acceptors (Lipinski definition) is 7. The highest BCUT2D eigenvalue weighted by atomic mass is 32.2.